The first-order chi connectivity index (χ1) is 37.8. The van der Waals surface area contributed by atoms with Crippen molar-refractivity contribution in [1.29, 1.82) is 0 Å². The number of phenolic OH excluding ortho intramolecular Hbond substituents is 4. The monoisotopic (exact) mass is 1150 g/mol. The fourth-order valence-corrected chi connectivity index (χ4v) is 10.2. The first-order valence-corrected chi connectivity index (χ1v) is 30.0. The molecule has 0 aliphatic carbocycles. The third kappa shape index (κ3) is 19.7. The number of phenols is 4. The van der Waals surface area contributed by atoms with E-state index in [1.165, 1.54) is 0 Å². The van der Waals surface area contributed by atoms with E-state index in [0.717, 1.165) is 66.8 Å². The Balaban J connectivity index is 1.74. The van der Waals surface area contributed by atoms with Crippen molar-refractivity contribution in [3.63, 3.8) is 0 Å². The summed E-state index contributed by atoms with van der Waals surface area (Å²) < 4.78 is 24.6. The number of carbonyl (C=O) groups is 3. The van der Waals surface area contributed by atoms with E-state index in [9.17, 15) is 39.9 Å². The molecule has 0 aliphatic rings. The van der Waals surface area contributed by atoms with E-state index in [2.05, 4.69) is 0 Å². The highest BCUT2D eigenvalue weighted by Crippen LogP contribution is 2.44. The Morgan fingerprint density at radius 1 is 0.373 bits per heavy atom. The van der Waals surface area contributed by atoms with Gasteiger partial charge in [-0.15, -0.1) is 0 Å². The number of aromatic hydroxyl groups is 4. The molecule has 462 valence electrons. The molecule has 5 N–H and O–H groups in total. The Kier molecular flexibility index (Phi) is 22.5. The number of benzene rings is 4. The van der Waals surface area contributed by atoms with E-state index in [0.29, 0.717) is 32.1 Å². The molecule has 1 unspecified atom stereocenters. The van der Waals surface area contributed by atoms with E-state index in [1.54, 1.807) is 0 Å². The lowest BCUT2D eigenvalue weighted by Crippen LogP contribution is -2.44. The summed E-state index contributed by atoms with van der Waals surface area (Å²) in [5.74, 6) is -0.760. The van der Waals surface area contributed by atoms with Crippen LogP contribution in [0.25, 0.3) is 0 Å². The zero-order valence-electron chi connectivity index (χ0n) is 55.0. The van der Waals surface area contributed by atoms with Gasteiger partial charge in [-0.2, -0.15) is 0 Å². The molecule has 1 atom stereocenters. The number of aryl methyl sites for hydroxylation is 5. The largest absolute Gasteiger partial charge is 0.507 e. The van der Waals surface area contributed by atoms with Crippen LogP contribution < -0.4 is 0 Å². The van der Waals surface area contributed by atoms with Gasteiger partial charge in [-0.1, -0.05) is 201 Å². The van der Waals surface area contributed by atoms with Gasteiger partial charge in [0.15, 0.2) is 6.29 Å². The van der Waals surface area contributed by atoms with E-state index in [-0.39, 0.29) is 93.2 Å². The smallest absolute Gasteiger partial charge is 0.306 e. The minimum atomic E-state index is -1.51. The van der Waals surface area contributed by atoms with Crippen LogP contribution in [0.5, 0.6) is 23.0 Å². The normalized spacial score (nSPS) is 13.5. The Morgan fingerprint density at radius 2 is 0.614 bits per heavy atom. The summed E-state index contributed by atoms with van der Waals surface area (Å²) in [6, 6.07) is 15.5. The molecule has 0 heterocycles. The van der Waals surface area contributed by atoms with Crippen LogP contribution in [0.1, 0.15) is 245 Å². The number of carbonyl (C=O) groups excluding carboxylic acids is 3. The zero-order chi connectivity index (χ0) is 63.2. The molecule has 0 radical (unpaired) electrons. The number of aliphatic hydroxyl groups is 1. The van der Waals surface area contributed by atoms with Crippen molar-refractivity contribution >= 4 is 17.9 Å². The number of ether oxygens (including phenoxy) is 4. The molecule has 0 aliphatic heterocycles. The molecule has 0 aromatic heterocycles. The molecule has 0 saturated heterocycles. The van der Waals surface area contributed by atoms with Crippen LogP contribution in [0, 0.1) is 5.41 Å². The number of aliphatic hydroxyl groups excluding tert-OH is 1. The van der Waals surface area contributed by atoms with Crippen LogP contribution in [0.15, 0.2) is 48.5 Å². The summed E-state index contributed by atoms with van der Waals surface area (Å²) in [5, 5.41) is 57.0. The van der Waals surface area contributed by atoms with Gasteiger partial charge in [0.05, 0.1) is 12.0 Å². The highest BCUT2D eigenvalue weighted by atomic mass is 16.6. The fourth-order valence-electron chi connectivity index (χ4n) is 10.2. The SMILES string of the molecule is CCc1cc(CCC(O)OCC(COC(=O)CCc2cc(C(C)(C)C)c(O)c(C(C)(C)C)c2)(COC(=O)CCc2cc(C(C)(C)C)c(O)c(C(C)(C)C)c2)COC(=O)CCc2cc(C(C)(C)C)c(O)c(C(C)(C)C)c2)cc(C(C)(C)C)c1O. The molecule has 4 aromatic carbocycles. The average Bonchev–Trinajstić information content (AvgIpc) is 3.26. The maximum Gasteiger partial charge on any atom is 0.306 e. The van der Waals surface area contributed by atoms with Crippen LogP contribution in [0.4, 0.5) is 0 Å². The van der Waals surface area contributed by atoms with Crippen molar-refractivity contribution in [2.24, 2.45) is 5.41 Å². The molecule has 0 amide bonds. The summed E-state index contributed by atoms with van der Waals surface area (Å²) >= 11 is 0. The zero-order valence-corrected chi connectivity index (χ0v) is 55.0. The van der Waals surface area contributed by atoms with Crippen molar-refractivity contribution in [3.05, 3.63) is 115 Å². The number of esters is 3. The summed E-state index contributed by atoms with van der Waals surface area (Å²) in [7, 11) is 0. The molecule has 83 heavy (non-hydrogen) atoms. The summed E-state index contributed by atoms with van der Waals surface area (Å²) in [4.78, 5) is 42.2. The van der Waals surface area contributed by atoms with E-state index in [4.69, 9.17) is 18.9 Å². The lowest BCUT2D eigenvalue weighted by molar-refractivity contribution is -0.181. The quantitative estimate of drug-likeness (QED) is 0.0285. The molecule has 12 nitrogen and oxygen atoms in total. The molecule has 4 rings (SSSR count). The molecule has 0 fully saturated rings. The Labute approximate surface area is 499 Å². The van der Waals surface area contributed by atoms with Crippen LogP contribution in [-0.2, 0) is 103 Å². The minimum absolute atomic E-state index is 0.0422. The van der Waals surface area contributed by atoms with Gasteiger partial charge in [0, 0.05) is 25.7 Å². The molecule has 0 bridgehead atoms. The summed E-state index contributed by atoms with van der Waals surface area (Å²) in [6.07, 6.45) is 0.547. The second-order valence-electron chi connectivity index (χ2n) is 30.7. The molecule has 12 heteroatoms. The first kappa shape index (κ1) is 69.9. The maximum atomic E-state index is 14.1. The molecule has 0 saturated carbocycles. The van der Waals surface area contributed by atoms with Crippen LogP contribution >= 0.6 is 0 Å². The van der Waals surface area contributed by atoms with Crippen molar-refractivity contribution < 1.29 is 58.9 Å². The lowest BCUT2D eigenvalue weighted by atomic mass is 9.78. The van der Waals surface area contributed by atoms with E-state index < -0.39 is 49.4 Å². The van der Waals surface area contributed by atoms with Crippen LogP contribution in [-0.4, -0.2) is 76.2 Å². The van der Waals surface area contributed by atoms with Gasteiger partial charge in [-0.05, 0) is 137 Å². The second kappa shape index (κ2) is 26.8. The van der Waals surface area contributed by atoms with Gasteiger partial charge >= 0.3 is 17.9 Å². The summed E-state index contributed by atoms with van der Waals surface area (Å²) in [5.41, 5.74) is 5.45. The van der Waals surface area contributed by atoms with Gasteiger partial charge in [0.1, 0.15) is 42.8 Å². The Morgan fingerprint density at radius 3 is 0.855 bits per heavy atom. The molecule has 0 spiro atoms. The van der Waals surface area contributed by atoms with Gasteiger partial charge in [-0.3, -0.25) is 14.4 Å². The Hall–Kier alpha value is -5.59. The van der Waals surface area contributed by atoms with Crippen molar-refractivity contribution in [3.8, 4) is 23.0 Å². The van der Waals surface area contributed by atoms with E-state index in [1.807, 2.05) is 201 Å². The number of hydrogen-bond donors (Lipinski definition) is 5. The molecular formula is C71H106O12. The van der Waals surface area contributed by atoms with Crippen LogP contribution in [0.2, 0.25) is 0 Å². The minimum Gasteiger partial charge on any atom is -0.507 e. The Bertz CT molecular complexity index is 2540. The van der Waals surface area contributed by atoms with Crippen LogP contribution in [0.3, 0.4) is 0 Å². The van der Waals surface area contributed by atoms with Gasteiger partial charge in [0.2, 0.25) is 0 Å². The standard InChI is InChI=1S/C71H106O12/c1-23-48-32-44(33-49(60(48)76)64(2,3)4)24-28-56(72)80-40-71(41-81-57(73)29-25-45-34-50(65(5,6)7)61(77)51(35-45)66(8,9)10,42-82-58(74)30-26-46-36-52(67(11,12)13)62(78)53(37-46)68(14,15)16)43-83-59(75)31-27-47-38-54(69(17,18)19)63(79)55(39-47)70(20,21)22/h32-39,56,72,76-79H,23-31,40-43H2,1-22H3. The molecular weight excluding hydrogens is 1040 g/mol. The second-order valence-corrected chi connectivity index (χ2v) is 30.7. The fraction of sp³-hybridized carbons (Fsp3) is 0.620. The van der Waals surface area contributed by atoms with E-state index >= 15 is 0 Å². The highest BCUT2D eigenvalue weighted by molar-refractivity contribution is 5.71. The maximum absolute atomic E-state index is 14.1. The molecule has 4 aromatic rings. The van der Waals surface area contributed by atoms with Crippen molar-refractivity contribution in [1.82, 2.24) is 0 Å². The van der Waals surface area contributed by atoms with Crippen molar-refractivity contribution in [2.45, 2.75) is 254 Å². The van der Waals surface area contributed by atoms with Crippen molar-refractivity contribution in [2.75, 3.05) is 26.4 Å². The van der Waals surface area contributed by atoms with Gasteiger partial charge in [-0.25, -0.2) is 0 Å². The predicted molar refractivity (Wildman–Crippen MR) is 333 cm³/mol. The third-order valence-corrected chi connectivity index (χ3v) is 15.5. The highest BCUT2D eigenvalue weighted by Gasteiger charge is 2.38. The predicted octanol–water partition coefficient (Wildman–Crippen LogP) is 14.9. The lowest BCUT2D eigenvalue weighted by Gasteiger charge is -2.33. The third-order valence-electron chi connectivity index (χ3n) is 15.5. The van der Waals surface area contributed by atoms with Gasteiger partial charge < -0.3 is 44.5 Å². The van der Waals surface area contributed by atoms with Gasteiger partial charge in [0.25, 0.3) is 0 Å². The summed E-state index contributed by atoms with van der Waals surface area (Å²) in [6.45, 7) is 43.0. The number of rotatable bonds is 22. The topological polar surface area (TPSA) is 189 Å². The average molecular weight is 1150 g/mol. The first-order valence-electron chi connectivity index (χ1n) is 30.0. The number of hydrogen-bond acceptors (Lipinski definition) is 12.